The molecule has 0 atom stereocenters. The van der Waals surface area contributed by atoms with Crippen LogP contribution in [0, 0.1) is 0 Å². The summed E-state index contributed by atoms with van der Waals surface area (Å²) in [5.74, 6) is 0. The Hall–Kier alpha value is -1.02. The van der Waals surface area contributed by atoms with Gasteiger partial charge in [-0.25, -0.2) is 0 Å². The van der Waals surface area contributed by atoms with Gasteiger partial charge in [-0.15, -0.1) is 0 Å². The van der Waals surface area contributed by atoms with Crippen LogP contribution in [0.1, 0.15) is 32.8 Å². The topological polar surface area (TPSA) is 15.3 Å². The highest BCUT2D eigenvalue weighted by Crippen LogP contribution is 2.22. The SMILES string of the molecule is CCCN(c1ccccc1CNC)C(C)C. The highest BCUT2D eigenvalue weighted by molar-refractivity contribution is 5.54. The predicted octanol–water partition coefficient (Wildman–Crippen LogP) is 3.03. The summed E-state index contributed by atoms with van der Waals surface area (Å²) in [5.41, 5.74) is 2.75. The van der Waals surface area contributed by atoms with Crippen molar-refractivity contribution >= 4 is 5.69 Å². The van der Waals surface area contributed by atoms with E-state index in [0.29, 0.717) is 6.04 Å². The van der Waals surface area contributed by atoms with Gasteiger partial charge in [-0.3, -0.25) is 0 Å². The zero-order chi connectivity index (χ0) is 12.0. The molecule has 2 heteroatoms. The molecule has 0 bridgehead atoms. The fourth-order valence-electron chi connectivity index (χ4n) is 2.03. The lowest BCUT2D eigenvalue weighted by Gasteiger charge is -2.30. The Balaban J connectivity index is 2.97. The Morgan fingerprint density at radius 3 is 2.50 bits per heavy atom. The fourth-order valence-corrected chi connectivity index (χ4v) is 2.03. The molecule has 1 aromatic carbocycles. The van der Waals surface area contributed by atoms with E-state index in [-0.39, 0.29) is 0 Å². The van der Waals surface area contributed by atoms with Crippen molar-refractivity contribution in [2.45, 2.75) is 39.8 Å². The van der Waals surface area contributed by atoms with Crippen LogP contribution in [-0.2, 0) is 6.54 Å². The van der Waals surface area contributed by atoms with E-state index in [1.807, 2.05) is 7.05 Å². The van der Waals surface area contributed by atoms with Crippen LogP contribution in [0.15, 0.2) is 24.3 Å². The number of para-hydroxylation sites is 1. The predicted molar refractivity (Wildman–Crippen MR) is 72.0 cm³/mol. The van der Waals surface area contributed by atoms with Gasteiger partial charge in [0.1, 0.15) is 0 Å². The van der Waals surface area contributed by atoms with Crippen LogP contribution in [-0.4, -0.2) is 19.6 Å². The lowest BCUT2D eigenvalue weighted by atomic mass is 10.1. The number of rotatable bonds is 6. The van der Waals surface area contributed by atoms with E-state index >= 15 is 0 Å². The highest BCUT2D eigenvalue weighted by atomic mass is 15.2. The molecule has 0 aromatic heterocycles. The number of hydrogen-bond donors (Lipinski definition) is 1. The number of anilines is 1. The van der Waals surface area contributed by atoms with Crippen molar-refractivity contribution in [1.82, 2.24) is 5.32 Å². The molecule has 1 N–H and O–H groups in total. The summed E-state index contributed by atoms with van der Waals surface area (Å²) in [6, 6.07) is 9.22. The maximum Gasteiger partial charge on any atom is 0.0414 e. The van der Waals surface area contributed by atoms with Crippen LogP contribution in [0.3, 0.4) is 0 Å². The van der Waals surface area contributed by atoms with Gasteiger partial charge in [-0.05, 0) is 38.9 Å². The fraction of sp³-hybridized carbons (Fsp3) is 0.571. The lowest BCUT2D eigenvalue weighted by molar-refractivity contribution is 0.664. The van der Waals surface area contributed by atoms with Gasteiger partial charge in [0.2, 0.25) is 0 Å². The first-order valence-electron chi connectivity index (χ1n) is 6.19. The first-order valence-corrected chi connectivity index (χ1v) is 6.19. The van der Waals surface area contributed by atoms with E-state index < -0.39 is 0 Å². The van der Waals surface area contributed by atoms with Crippen LogP contribution in [0.2, 0.25) is 0 Å². The molecule has 0 aliphatic rings. The van der Waals surface area contributed by atoms with Crippen LogP contribution in [0.5, 0.6) is 0 Å². The smallest absolute Gasteiger partial charge is 0.0414 e. The van der Waals surface area contributed by atoms with Gasteiger partial charge in [0.25, 0.3) is 0 Å². The van der Waals surface area contributed by atoms with Gasteiger partial charge in [-0.2, -0.15) is 0 Å². The van der Waals surface area contributed by atoms with E-state index in [9.17, 15) is 0 Å². The summed E-state index contributed by atoms with van der Waals surface area (Å²) in [4.78, 5) is 2.48. The molecule has 0 fully saturated rings. The first-order chi connectivity index (χ1) is 7.70. The third-order valence-corrected chi connectivity index (χ3v) is 2.76. The molecule has 0 unspecified atom stereocenters. The van der Waals surface area contributed by atoms with Crippen molar-refractivity contribution in [3.05, 3.63) is 29.8 Å². The number of nitrogens with zero attached hydrogens (tertiary/aromatic N) is 1. The van der Waals surface area contributed by atoms with Gasteiger partial charge in [0.15, 0.2) is 0 Å². The number of nitrogens with one attached hydrogen (secondary N) is 1. The van der Waals surface area contributed by atoms with E-state index in [1.165, 1.54) is 17.7 Å². The third-order valence-electron chi connectivity index (χ3n) is 2.76. The van der Waals surface area contributed by atoms with Crippen molar-refractivity contribution in [3.63, 3.8) is 0 Å². The zero-order valence-electron chi connectivity index (χ0n) is 11.0. The average Bonchev–Trinajstić information content (AvgIpc) is 2.27. The standard InChI is InChI=1S/C14H24N2/c1-5-10-16(12(2)3)14-9-7-6-8-13(14)11-15-4/h6-9,12,15H,5,10-11H2,1-4H3. The Bertz CT molecular complexity index is 307. The van der Waals surface area contributed by atoms with Crippen LogP contribution in [0.4, 0.5) is 5.69 Å². The van der Waals surface area contributed by atoms with Gasteiger partial charge < -0.3 is 10.2 Å². The maximum atomic E-state index is 3.23. The summed E-state index contributed by atoms with van der Waals surface area (Å²) < 4.78 is 0. The van der Waals surface area contributed by atoms with Gasteiger partial charge in [-0.1, -0.05) is 25.1 Å². The lowest BCUT2D eigenvalue weighted by Crippen LogP contribution is -2.32. The van der Waals surface area contributed by atoms with E-state index in [2.05, 4.69) is 55.3 Å². The van der Waals surface area contributed by atoms with Gasteiger partial charge in [0, 0.05) is 24.8 Å². The summed E-state index contributed by atoms with van der Waals surface area (Å²) in [6.45, 7) is 8.80. The molecule has 90 valence electrons. The second-order valence-corrected chi connectivity index (χ2v) is 4.45. The number of benzene rings is 1. The van der Waals surface area contributed by atoms with Crippen molar-refractivity contribution < 1.29 is 0 Å². The Kier molecular flexibility index (Phi) is 5.33. The largest absolute Gasteiger partial charge is 0.369 e. The van der Waals surface area contributed by atoms with Crippen LogP contribution in [0.25, 0.3) is 0 Å². The minimum atomic E-state index is 0.554. The summed E-state index contributed by atoms with van der Waals surface area (Å²) in [6.07, 6.45) is 1.19. The molecule has 0 aliphatic carbocycles. The second-order valence-electron chi connectivity index (χ2n) is 4.45. The molecule has 1 aromatic rings. The molecule has 1 rings (SSSR count). The van der Waals surface area contributed by atoms with Crippen LogP contribution >= 0.6 is 0 Å². The van der Waals surface area contributed by atoms with E-state index in [0.717, 1.165) is 13.1 Å². The summed E-state index contributed by atoms with van der Waals surface area (Å²) in [5, 5.41) is 3.23. The molecule has 0 amide bonds. The van der Waals surface area contributed by atoms with Gasteiger partial charge >= 0.3 is 0 Å². The quantitative estimate of drug-likeness (QED) is 0.792. The molecule has 0 heterocycles. The second kappa shape index (κ2) is 6.54. The van der Waals surface area contributed by atoms with E-state index in [1.54, 1.807) is 0 Å². The number of hydrogen-bond acceptors (Lipinski definition) is 2. The van der Waals surface area contributed by atoms with Crippen molar-refractivity contribution in [3.8, 4) is 0 Å². The highest BCUT2D eigenvalue weighted by Gasteiger charge is 2.12. The monoisotopic (exact) mass is 220 g/mol. The summed E-state index contributed by atoms with van der Waals surface area (Å²) >= 11 is 0. The zero-order valence-corrected chi connectivity index (χ0v) is 11.0. The van der Waals surface area contributed by atoms with Crippen molar-refractivity contribution in [2.24, 2.45) is 0 Å². The maximum absolute atomic E-state index is 3.23. The molecular formula is C14H24N2. The summed E-state index contributed by atoms with van der Waals surface area (Å²) in [7, 11) is 2.00. The minimum Gasteiger partial charge on any atom is -0.369 e. The molecule has 0 saturated heterocycles. The normalized spacial score (nSPS) is 10.8. The molecule has 0 aliphatic heterocycles. The van der Waals surface area contributed by atoms with E-state index in [4.69, 9.17) is 0 Å². The molecule has 0 saturated carbocycles. The van der Waals surface area contributed by atoms with Gasteiger partial charge in [0.05, 0.1) is 0 Å². The molecule has 16 heavy (non-hydrogen) atoms. The third kappa shape index (κ3) is 3.24. The molecule has 2 nitrogen and oxygen atoms in total. The first kappa shape index (κ1) is 13.0. The molecule has 0 radical (unpaired) electrons. The Labute approximate surface area is 99.7 Å². The van der Waals surface area contributed by atoms with Crippen molar-refractivity contribution in [1.29, 1.82) is 0 Å². The Morgan fingerprint density at radius 2 is 1.94 bits per heavy atom. The van der Waals surface area contributed by atoms with Crippen molar-refractivity contribution in [2.75, 3.05) is 18.5 Å². The molecular weight excluding hydrogens is 196 g/mol. The average molecular weight is 220 g/mol. The van der Waals surface area contributed by atoms with Crippen LogP contribution < -0.4 is 10.2 Å². The Morgan fingerprint density at radius 1 is 1.25 bits per heavy atom. The molecule has 0 spiro atoms. The minimum absolute atomic E-state index is 0.554.